The van der Waals surface area contributed by atoms with Crippen molar-refractivity contribution in [3.63, 3.8) is 0 Å². The molecule has 6 heteroatoms. The molecule has 0 radical (unpaired) electrons. The number of nitrogens with zero attached hydrogens (tertiary/aromatic N) is 3. The highest BCUT2D eigenvalue weighted by molar-refractivity contribution is 7.15. The van der Waals surface area contributed by atoms with E-state index in [0.29, 0.717) is 10.7 Å². The van der Waals surface area contributed by atoms with Gasteiger partial charge in [0.2, 0.25) is 5.13 Å². The van der Waals surface area contributed by atoms with Crippen LogP contribution in [0.5, 0.6) is 5.75 Å². The van der Waals surface area contributed by atoms with Crippen molar-refractivity contribution in [2.45, 2.75) is 6.92 Å². The molecule has 2 N–H and O–H groups in total. The van der Waals surface area contributed by atoms with E-state index in [-0.39, 0.29) is 5.75 Å². The van der Waals surface area contributed by atoms with E-state index in [2.05, 4.69) is 20.7 Å². The molecule has 1 aromatic heterocycles. The monoisotopic (exact) mass is 234 g/mol. The highest BCUT2D eigenvalue weighted by atomic mass is 32.1. The molecule has 1 heterocycles. The largest absolute Gasteiger partial charge is 0.507 e. The first-order valence-electron chi connectivity index (χ1n) is 4.63. The van der Waals surface area contributed by atoms with Crippen LogP contribution in [0.2, 0.25) is 0 Å². The van der Waals surface area contributed by atoms with Crippen LogP contribution in [0.15, 0.2) is 29.4 Å². The lowest BCUT2D eigenvalue weighted by molar-refractivity contribution is 0.474. The van der Waals surface area contributed by atoms with Crippen LogP contribution in [0.3, 0.4) is 0 Å². The number of aromatic hydroxyl groups is 1. The fraction of sp³-hybridized carbons (Fsp3) is 0.100. The molecule has 1 aromatic carbocycles. The number of hydrogen-bond acceptors (Lipinski definition) is 6. The van der Waals surface area contributed by atoms with Gasteiger partial charge in [0.25, 0.3) is 0 Å². The molecule has 0 aliphatic carbocycles. The topological polar surface area (TPSA) is 70.4 Å². The summed E-state index contributed by atoms with van der Waals surface area (Å²) >= 11 is 1.42. The Morgan fingerprint density at radius 1 is 1.38 bits per heavy atom. The SMILES string of the molecule is Cc1nnc(NN=Cc2ccccc2O)s1. The first-order valence-corrected chi connectivity index (χ1v) is 5.44. The summed E-state index contributed by atoms with van der Waals surface area (Å²) in [7, 11) is 0. The van der Waals surface area contributed by atoms with E-state index >= 15 is 0 Å². The molecule has 2 rings (SSSR count). The summed E-state index contributed by atoms with van der Waals surface area (Å²) in [6, 6.07) is 6.96. The Labute approximate surface area is 96.5 Å². The van der Waals surface area contributed by atoms with Crippen molar-refractivity contribution < 1.29 is 5.11 Å². The molecular formula is C10H10N4OS. The van der Waals surface area contributed by atoms with Crippen LogP contribution in [-0.4, -0.2) is 21.5 Å². The van der Waals surface area contributed by atoms with E-state index in [1.165, 1.54) is 17.6 Å². The van der Waals surface area contributed by atoms with E-state index < -0.39 is 0 Å². The molecule has 0 atom stereocenters. The normalized spacial score (nSPS) is 10.8. The molecule has 0 aliphatic heterocycles. The molecule has 0 unspecified atom stereocenters. The maximum atomic E-state index is 9.47. The van der Waals surface area contributed by atoms with Crippen molar-refractivity contribution in [3.8, 4) is 5.75 Å². The lowest BCUT2D eigenvalue weighted by Crippen LogP contribution is -1.90. The minimum atomic E-state index is 0.196. The number of aromatic nitrogens is 2. The average Bonchev–Trinajstić information content (AvgIpc) is 2.67. The summed E-state index contributed by atoms with van der Waals surface area (Å²) in [4.78, 5) is 0. The third-order valence-corrected chi connectivity index (χ3v) is 2.57. The van der Waals surface area contributed by atoms with Gasteiger partial charge in [-0.25, -0.2) is 0 Å². The third-order valence-electron chi connectivity index (χ3n) is 1.83. The average molecular weight is 234 g/mol. The smallest absolute Gasteiger partial charge is 0.225 e. The second kappa shape index (κ2) is 4.71. The molecule has 0 fully saturated rings. The molecule has 16 heavy (non-hydrogen) atoms. The van der Waals surface area contributed by atoms with Crippen molar-refractivity contribution >= 4 is 22.7 Å². The minimum absolute atomic E-state index is 0.196. The van der Waals surface area contributed by atoms with Gasteiger partial charge in [-0.1, -0.05) is 23.5 Å². The molecule has 0 aliphatic rings. The fourth-order valence-electron chi connectivity index (χ4n) is 1.10. The van der Waals surface area contributed by atoms with Crippen LogP contribution in [0, 0.1) is 6.92 Å². The van der Waals surface area contributed by atoms with E-state index in [0.717, 1.165) is 5.01 Å². The fourth-order valence-corrected chi connectivity index (χ4v) is 1.64. The Kier molecular flexibility index (Phi) is 3.11. The number of benzene rings is 1. The summed E-state index contributed by atoms with van der Waals surface area (Å²) < 4.78 is 0. The molecule has 0 bridgehead atoms. The van der Waals surface area contributed by atoms with Crippen molar-refractivity contribution in [1.29, 1.82) is 0 Å². The maximum absolute atomic E-state index is 9.47. The highest BCUT2D eigenvalue weighted by Gasteiger charge is 1.97. The number of hydrazone groups is 1. The number of hydrogen-bond donors (Lipinski definition) is 2. The number of phenols is 1. The number of rotatable bonds is 3. The zero-order valence-electron chi connectivity index (χ0n) is 8.58. The maximum Gasteiger partial charge on any atom is 0.225 e. The van der Waals surface area contributed by atoms with Gasteiger partial charge in [0.05, 0.1) is 6.21 Å². The number of phenolic OH excluding ortho intramolecular Hbond substituents is 1. The lowest BCUT2D eigenvalue weighted by atomic mass is 10.2. The van der Waals surface area contributed by atoms with Crippen LogP contribution in [0.25, 0.3) is 0 Å². The predicted molar refractivity (Wildman–Crippen MR) is 64.0 cm³/mol. The van der Waals surface area contributed by atoms with E-state index in [9.17, 15) is 5.11 Å². The molecular weight excluding hydrogens is 224 g/mol. The summed E-state index contributed by atoms with van der Waals surface area (Å²) in [6.07, 6.45) is 1.53. The van der Waals surface area contributed by atoms with Crippen molar-refractivity contribution in [2.75, 3.05) is 5.43 Å². The van der Waals surface area contributed by atoms with Gasteiger partial charge in [0, 0.05) is 5.56 Å². The summed E-state index contributed by atoms with van der Waals surface area (Å²) in [6.45, 7) is 1.87. The molecule has 0 saturated carbocycles. The van der Waals surface area contributed by atoms with Crippen LogP contribution >= 0.6 is 11.3 Å². The molecule has 0 saturated heterocycles. The van der Waals surface area contributed by atoms with E-state index in [1.54, 1.807) is 18.2 Å². The Morgan fingerprint density at radius 2 is 2.19 bits per heavy atom. The molecule has 0 amide bonds. The van der Waals surface area contributed by atoms with Gasteiger partial charge in [0.1, 0.15) is 10.8 Å². The van der Waals surface area contributed by atoms with E-state index in [4.69, 9.17) is 0 Å². The zero-order valence-corrected chi connectivity index (χ0v) is 9.40. The quantitative estimate of drug-likeness (QED) is 0.629. The van der Waals surface area contributed by atoms with Crippen molar-refractivity contribution in [1.82, 2.24) is 10.2 Å². The highest BCUT2D eigenvalue weighted by Crippen LogP contribution is 2.15. The molecule has 0 spiro atoms. The molecule has 5 nitrogen and oxygen atoms in total. The van der Waals surface area contributed by atoms with Gasteiger partial charge >= 0.3 is 0 Å². The van der Waals surface area contributed by atoms with E-state index in [1.807, 2.05) is 13.0 Å². The number of para-hydroxylation sites is 1. The minimum Gasteiger partial charge on any atom is -0.507 e. The van der Waals surface area contributed by atoms with Gasteiger partial charge < -0.3 is 5.11 Å². The Balaban J connectivity index is 2.03. The van der Waals surface area contributed by atoms with Crippen LogP contribution in [-0.2, 0) is 0 Å². The second-order valence-electron chi connectivity index (χ2n) is 3.06. The Bertz CT molecular complexity index is 509. The van der Waals surface area contributed by atoms with Crippen LogP contribution < -0.4 is 5.43 Å². The number of aryl methyl sites for hydroxylation is 1. The van der Waals surface area contributed by atoms with Crippen molar-refractivity contribution in [3.05, 3.63) is 34.8 Å². The third kappa shape index (κ3) is 2.54. The lowest BCUT2D eigenvalue weighted by Gasteiger charge is -1.96. The van der Waals surface area contributed by atoms with Gasteiger partial charge in [-0.3, -0.25) is 5.43 Å². The Morgan fingerprint density at radius 3 is 2.88 bits per heavy atom. The van der Waals surface area contributed by atoms with Crippen LogP contribution in [0.1, 0.15) is 10.6 Å². The molecule has 2 aromatic rings. The van der Waals surface area contributed by atoms with Gasteiger partial charge in [-0.2, -0.15) is 5.10 Å². The van der Waals surface area contributed by atoms with Gasteiger partial charge in [-0.15, -0.1) is 10.2 Å². The Hall–Kier alpha value is -1.95. The number of anilines is 1. The van der Waals surface area contributed by atoms with Crippen LogP contribution in [0.4, 0.5) is 5.13 Å². The van der Waals surface area contributed by atoms with Gasteiger partial charge in [-0.05, 0) is 19.1 Å². The summed E-state index contributed by atoms with van der Waals surface area (Å²) in [5, 5.41) is 22.6. The predicted octanol–water partition coefficient (Wildman–Crippen LogP) is 2.00. The zero-order chi connectivity index (χ0) is 11.4. The standard InChI is InChI=1S/C10H10N4OS/c1-7-12-14-10(16-7)13-11-6-8-4-2-3-5-9(8)15/h2-6,15H,1H3,(H,13,14). The van der Waals surface area contributed by atoms with Crippen molar-refractivity contribution in [2.24, 2.45) is 5.10 Å². The number of nitrogens with one attached hydrogen (secondary N) is 1. The summed E-state index contributed by atoms with van der Waals surface area (Å²) in [5.74, 6) is 0.196. The molecule has 82 valence electrons. The van der Waals surface area contributed by atoms with Gasteiger partial charge in [0.15, 0.2) is 0 Å². The second-order valence-corrected chi connectivity index (χ2v) is 4.24. The first-order chi connectivity index (χ1) is 7.75. The first kappa shape index (κ1) is 10.6. The summed E-state index contributed by atoms with van der Waals surface area (Å²) in [5.41, 5.74) is 3.39.